The first-order valence-corrected chi connectivity index (χ1v) is 26.0. The summed E-state index contributed by atoms with van der Waals surface area (Å²) in [5, 5.41) is 36.6. The van der Waals surface area contributed by atoms with Crippen molar-refractivity contribution in [2.75, 3.05) is 26.0 Å². The number of oxime groups is 1. The van der Waals surface area contributed by atoms with Crippen molar-refractivity contribution in [2.45, 2.75) is 186 Å². The highest BCUT2D eigenvalue weighted by molar-refractivity contribution is 7.13. The van der Waals surface area contributed by atoms with Gasteiger partial charge in [-0.05, 0) is 118 Å². The highest BCUT2D eigenvalue weighted by Crippen LogP contribution is 2.42. The number of ether oxygens (including phenoxy) is 4. The number of nitrogens with two attached hydrogens (primary N) is 2. The number of hydrogen-bond donors (Lipinski definition) is 6. The predicted octanol–water partition coefficient (Wildman–Crippen LogP) is 4.84. The quantitative estimate of drug-likeness (QED) is 0.0790. The van der Waals surface area contributed by atoms with Crippen LogP contribution < -0.4 is 22.1 Å². The molecule has 13 unspecified atom stereocenters. The average Bonchev–Trinajstić information content (AvgIpc) is 3.80. The van der Waals surface area contributed by atoms with E-state index < -0.39 is 101 Å². The molecule has 2 aromatic rings. The molecule has 5 heterocycles. The fraction of sp³-hybridized carbons (Fsp3) is 0.686. The van der Waals surface area contributed by atoms with Crippen LogP contribution in [0.4, 0.5) is 10.2 Å². The number of carbonyl (C=O) groups excluding carboxylic acids is 5. The third kappa shape index (κ3) is 15.0. The number of alkyl halides is 1. The van der Waals surface area contributed by atoms with Gasteiger partial charge < -0.3 is 61.0 Å². The number of ketones is 1. The van der Waals surface area contributed by atoms with Crippen LogP contribution in [0.3, 0.4) is 0 Å². The zero-order chi connectivity index (χ0) is 54.2. The Morgan fingerprint density at radius 2 is 1.82 bits per heavy atom. The number of allylic oxidation sites excluding steroid dienone is 2. The van der Waals surface area contributed by atoms with Crippen molar-refractivity contribution in [2.24, 2.45) is 34.4 Å². The fourth-order valence-corrected chi connectivity index (χ4v) is 10.7. The Hall–Kier alpha value is -4.81. The fourth-order valence-electron chi connectivity index (χ4n) is 9.95. The number of cyclic esters (lactones) is 1. The first kappa shape index (κ1) is 59.1. The van der Waals surface area contributed by atoms with E-state index in [9.17, 15) is 34.2 Å². The summed E-state index contributed by atoms with van der Waals surface area (Å²) in [4.78, 5) is 82.4. The molecule has 1 fully saturated rings. The monoisotopic (exact) mass is 1040 g/mol. The first-order valence-electron chi connectivity index (χ1n) is 25.1. The summed E-state index contributed by atoms with van der Waals surface area (Å²) < 4.78 is 42.8. The molecular weight excluding hydrogens is 968 g/mol. The molecule has 0 spiro atoms. The van der Waals surface area contributed by atoms with Crippen molar-refractivity contribution < 1.29 is 62.4 Å². The van der Waals surface area contributed by atoms with Crippen LogP contribution in [0.5, 0.6) is 0 Å². The minimum atomic E-state index is -3.22. The topological polar surface area (TPSA) is 289 Å². The number of aliphatic hydroxyl groups excluding tert-OH is 1. The number of rotatable bonds is 15. The second-order valence-corrected chi connectivity index (χ2v) is 21.6. The summed E-state index contributed by atoms with van der Waals surface area (Å²) in [5.41, 5.74) is 7.45. The number of nitrogens with zero attached hydrogens (tertiary/aromatic N) is 4. The lowest BCUT2D eigenvalue weighted by Gasteiger charge is -2.47. The van der Waals surface area contributed by atoms with Crippen molar-refractivity contribution >= 4 is 52.3 Å². The number of hydrogen-bond acceptors (Lipinski definition) is 18. The maximum atomic E-state index is 17.1. The van der Waals surface area contributed by atoms with Gasteiger partial charge in [-0.1, -0.05) is 38.4 Å². The van der Waals surface area contributed by atoms with Gasteiger partial charge in [0.2, 0.25) is 17.7 Å². The van der Waals surface area contributed by atoms with E-state index in [1.54, 1.807) is 44.5 Å². The molecule has 2 bridgehead atoms. The van der Waals surface area contributed by atoms with Crippen molar-refractivity contribution in [3.63, 3.8) is 0 Å². The average molecular weight is 1050 g/mol. The van der Waals surface area contributed by atoms with Gasteiger partial charge in [0, 0.05) is 47.6 Å². The molecule has 406 valence electrons. The van der Waals surface area contributed by atoms with Crippen LogP contribution in [0.15, 0.2) is 40.1 Å². The summed E-state index contributed by atoms with van der Waals surface area (Å²) in [6, 6.07) is 2.17. The number of esters is 1. The number of amides is 3. The van der Waals surface area contributed by atoms with E-state index in [0.717, 1.165) is 12.5 Å². The first-order chi connectivity index (χ1) is 34.2. The molecule has 0 aliphatic carbocycles. The second kappa shape index (κ2) is 25.1. The molecule has 1 saturated heterocycles. The molecule has 13 atom stereocenters. The number of Topliss-reactive ketones (excluding diaryl/α,β-unsaturated/α-hetero) is 1. The van der Waals surface area contributed by atoms with Gasteiger partial charge in [-0.2, -0.15) is 0 Å². The summed E-state index contributed by atoms with van der Waals surface area (Å²) in [6.45, 7) is 14.3. The van der Waals surface area contributed by atoms with E-state index >= 15 is 4.39 Å². The number of halogens is 1. The standard InChI is InChI=1S/C51H77FN8O12S/c1-12-37-49(7,67)22-31-14-17-34(59-69-25-33-16-15-32(23-55-33)46-57-39(26-73-46)56-45(65)35(53)18-19-38(54)61)24-68-50(8,21-27(3)41(29(31)5)58-40(62)13-2)44(30(6)43(64)51(9,52)48(66)71-37)72-47-42(63)36(60(10)11)20-28(4)70-47/h15-16,23,26-28,30-31,35-37,42,44,47,63,67H,12-14,17-22,24-25,53H2,1-11H3,(H2,54,61)(H,56,65)(H,58,62)/b41-29+,59-34?. The molecule has 0 saturated carbocycles. The van der Waals surface area contributed by atoms with Crippen molar-refractivity contribution in [3.05, 3.63) is 40.7 Å². The van der Waals surface area contributed by atoms with Crippen LogP contribution in [-0.4, -0.2) is 141 Å². The maximum absolute atomic E-state index is 17.1. The summed E-state index contributed by atoms with van der Waals surface area (Å²) >= 11 is 1.28. The van der Waals surface area contributed by atoms with Crippen LogP contribution in [0.25, 0.3) is 10.6 Å². The second-order valence-electron chi connectivity index (χ2n) is 20.7. The smallest absolute Gasteiger partial charge is 0.351 e. The molecule has 8 N–H and O–H groups in total. The van der Waals surface area contributed by atoms with Gasteiger partial charge in [0.05, 0.1) is 47.5 Å². The third-order valence-corrected chi connectivity index (χ3v) is 15.2. The number of likely N-dealkylation sites (N-methyl/N-ethyl adjacent to an activating group) is 1. The van der Waals surface area contributed by atoms with Crippen LogP contribution in [-0.2, 0) is 54.4 Å². The zero-order valence-corrected chi connectivity index (χ0v) is 44.9. The van der Waals surface area contributed by atoms with E-state index in [-0.39, 0.29) is 64.1 Å². The van der Waals surface area contributed by atoms with Gasteiger partial charge >= 0.3 is 5.97 Å². The summed E-state index contributed by atoms with van der Waals surface area (Å²) in [7, 11) is 3.63. The van der Waals surface area contributed by atoms with Crippen LogP contribution in [0, 0.1) is 17.8 Å². The number of carbonyl (C=O) groups is 5. The van der Waals surface area contributed by atoms with Gasteiger partial charge in [0.25, 0.3) is 5.67 Å². The van der Waals surface area contributed by atoms with Gasteiger partial charge in [-0.15, -0.1) is 11.3 Å². The van der Waals surface area contributed by atoms with E-state index in [4.69, 9.17) is 35.3 Å². The Morgan fingerprint density at radius 1 is 1.11 bits per heavy atom. The molecule has 0 aromatic carbocycles. The molecule has 5 rings (SSSR count). The molecule has 73 heavy (non-hydrogen) atoms. The van der Waals surface area contributed by atoms with E-state index in [0.29, 0.717) is 46.3 Å². The van der Waals surface area contributed by atoms with E-state index in [1.807, 2.05) is 39.8 Å². The number of pyridine rings is 1. The molecule has 22 heteroatoms. The molecule has 2 aromatic heterocycles. The lowest BCUT2D eigenvalue weighted by molar-refractivity contribution is -0.296. The molecule has 3 aliphatic heterocycles. The minimum Gasteiger partial charge on any atom is -0.457 e. The largest absolute Gasteiger partial charge is 0.457 e. The predicted molar refractivity (Wildman–Crippen MR) is 271 cm³/mol. The van der Waals surface area contributed by atoms with Crippen molar-refractivity contribution in [3.8, 4) is 10.6 Å². The van der Waals surface area contributed by atoms with Gasteiger partial charge in [-0.25, -0.2) is 14.2 Å². The van der Waals surface area contributed by atoms with Crippen molar-refractivity contribution in [1.82, 2.24) is 20.2 Å². The van der Waals surface area contributed by atoms with Crippen LogP contribution in [0.1, 0.15) is 126 Å². The van der Waals surface area contributed by atoms with Gasteiger partial charge in [-0.3, -0.25) is 24.2 Å². The minimum absolute atomic E-state index is 0.00401. The molecule has 3 aliphatic rings. The summed E-state index contributed by atoms with van der Waals surface area (Å²) in [5.74, 6) is -6.11. The Labute approximate surface area is 431 Å². The SMILES string of the molecule is CCC(=O)N/C1=C(\C)C2CCC(=NOCc3ccc(-c4nc(NC(=O)C(N)CCC(N)=O)cs4)cn3)COC(C)(CC1C)C(OC1OC(C)CC(N(C)C)C1O)C(C)C(=O)C(C)(F)C(=O)OC(CC)C(C)(O)C2. The number of primary amides is 1. The zero-order valence-electron chi connectivity index (χ0n) is 44.1. The van der Waals surface area contributed by atoms with Gasteiger partial charge in [0.1, 0.15) is 23.0 Å². The van der Waals surface area contributed by atoms with Gasteiger partial charge in [0.15, 0.2) is 18.7 Å². The molecule has 20 nitrogen and oxygen atoms in total. The number of thiazole rings is 1. The van der Waals surface area contributed by atoms with Crippen molar-refractivity contribution in [1.29, 1.82) is 0 Å². The molecule has 3 amide bonds. The molecule has 0 radical (unpaired) electrons. The van der Waals surface area contributed by atoms with E-state index in [1.165, 1.54) is 25.2 Å². The number of anilines is 1. The highest BCUT2D eigenvalue weighted by atomic mass is 32.1. The Morgan fingerprint density at radius 3 is 2.45 bits per heavy atom. The maximum Gasteiger partial charge on any atom is 0.351 e. The van der Waals surface area contributed by atoms with Crippen LogP contribution in [0.2, 0.25) is 0 Å². The highest BCUT2D eigenvalue weighted by Gasteiger charge is 2.55. The number of aromatic nitrogens is 2. The Bertz CT molecular complexity index is 2330. The van der Waals surface area contributed by atoms with E-state index in [2.05, 4.69) is 25.8 Å². The third-order valence-electron chi connectivity index (χ3n) is 14.3. The Balaban J connectivity index is 1.55. The lowest BCUT2D eigenvalue weighted by atomic mass is 9.76. The number of aliphatic hydroxyl groups is 2. The number of fused-ring (bicyclic) bond motifs is 4. The molecular formula is C51H77FN8O12S. The number of nitrogens with one attached hydrogen (secondary N) is 2. The normalized spacial score (nSPS) is 33.9. The van der Waals surface area contributed by atoms with Crippen LogP contribution >= 0.6 is 11.3 Å². The lowest BCUT2D eigenvalue weighted by Crippen LogP contribution is -2.60. The summed E-state index contributed by atoms with van der Waals surface area (Å²) in [6.07, 6.45) is -2.58. The Kier molecular flexibility index (Phi) is 20.4.